The lowest BCUT2D eigenvalue weighted by atomic mass is 10.2. The van der Waals surface area contributed by atoms with E-state index in [9.17, 15) is 14.4 Å². The summed E-state index contributed by atoms with van der Waals surface area (Å²) in [6, 6.07) is 9.56. The molecule has 4 aromatic rings. The number of rotatable bonds is 8. The SMILES string of the molecule is CN(C)C(=O)c1cc2cnc(Nc3ccc(N4CCN(Cc5ccc(N6CCC(=O)NC6=O)nc5)CC4)cn3)nc2n1C1CCCC1. The van der Waals surface area contributed by atoms with Gasteiger partial charge in [-0.3, -0.25) is 24.7 Å². The first-order valence-electron chi connectivity index (χ1n) is 16.2. The van der Waals surface area contributed by atoms with Gasteiger partial charge in [-0.05, 0) is 42.7 Å². The van der Waals surface area contributed by atoms with Crippen LogP contribution >= 0.6 is 0 Å². The molecule has 2 N–H and O–H groups in total. The summed E-state index contributed by atoms with van der Waals surface area (Å²) in [4.78, 5) is 62.8. The summed E-state index contributed by atoms with van der Waals surface area (Å²) in [5.41, 5.74) is 3.55. The molecular weight excluding hydrogens is 598 g/mol. The third-order valence-corrected chi connectivity index (χ3v) is 9.16. The van der Waals surface area contributed by atoms with Crippen molar-refractivity contribution in [2.45, 2.75) is 44.7 Å². The molecule has 14 heteroatoms. The lowest BCUT2D eigenvalue weighted by Crippen LogP contribution is -2.49. The normalized spacial score (nSPS) is 17.7. The van der Waals surface area contributed by atoms with Gasteiger partial charge in [0.05, 0.1) is 11.9 Å². The Balaban J connectivity index is 0.959. The topological polar surface area (TPSA) is 145 Å². The van der Waals surface area contributed by atoms with Crippen LogP contribution in [0.3, 0.4) is 0 Å². The van der Waals surface area contributed by atoms with E-state index < -0.39 is 6.03 Å². The number of anilines is 4. The van der Waals surface area contributed by atoms with Crippen LogP contribution in [0.25, 0.3) is 11.0 Å². The molecule has 14 nitrogen and oxygen atoms in total. The Bertz CT molecular complexity index is 1770. The Morgan fingerprint density at radius 2 is 1.77 bits per heavy atom. The Morgan fingerprint density at radius 1 is 0.957 bits per heavy atom. The fraction of sp³-hybridized carbons (Fsp3) is 0.424. The van der Waals surface area contributed by atoms with E-state index in [0.717, 1.165) is 80.7 Å². The smallest absolute Gasteiger partial charge is 0.329 e. The van der Waals surface area contributed by atoms with Gasteiger partial charge in [-0.15, -0.1) is 0 Å². The molecule has 0 spiro atoms. The van der Waals surface area contributed by atoms with Gasteiger partial charge in [0.2, 0.25) is 11.9 Å². The Kier molecular flexibility index (Phi) is 8.41. The average Bonchev–Trinajstić information content (AvgIpc) is 3.74. The largest absolute Gasteiger partial charge is 0.368 e. The van der Waals surface area contributed by atoms with Crippen molar-refractivity contribution < 1.29 is 14.4 Å². The number of carbonyl (C=O) groups is 3. The highest BCUT2D eigenvalue weighted by Gasteiger charge is 2.27. The van der Waals surface area contributed by atoms with Crippen molar-refractivity contribution in [2.75, 3.05) is 61.9 Å². The third-order valence-electron chi connectivity index (χ3n) is 9.16. The first-order chi connectivity index (χ1) is 22.8. The Labute approximate surface area is 272 Å². The van der Waals surface area contributed by atoms with Gasteiger partial charge < -0.3 is 19.7 Å². The Hall–Kier alpha value is -5.11. The van der Waals surface area contributed by atoms with Crippen LogP contribution in [0, 0.1) is 0 Å². The predicted octanol–water partition coefficient (Wildman–Crippen LogP) is 3.55. The molecule has 6 heterocycles. The average molecular weight is 638 g/mol. The summed E-state index contributed by atoms with van der Waals surface area (Å²) >= 11 is 0. The quantitative estimate of drug-likeness (QED) is 0.294. The number of hydrogen-bond acceptors (Lipinski definition) is 10. The minimum Gasteiger partial charge on any atom is -0.368 e. The molecular formula is C33H39N11O3. The predicted molar refractivity (Wildman–Crippen MR) is 178 cm³/mol. The van der Waals surface area contributed by atoms with Gasteiger partial charge in [0, 0.05) is 83.6 Å². The summed E-state index contributed by atoms with van der Waals surface area (Å²) < 4.78 is 2.11. The van der Waals surface area contributed by atoms with Crippen molar-refractivity contribution in [1.29, 1.82) is 0 Å². The maximum Gasteiger partial charge on any atom is 0.329 e. The van der Waals surface area contributed by atoms with Crippen molar-refractivity contribution in [1.82, 2.24) is 39.6 Å². The van der Waals surface area contributed by atoms with Gasteiger partial charge in [0.25, 0.3) is 5.91 Å². The molecule has 1 saturated carbocycles. The number of urea groups is 1. The zero-order valence-electron chi connectivity index (χ0n) is 26.7. The van der Waals surface area contributed by atoms with Crippen molar-refractivity contribution in [3.63, 3.8) is 0 Å². The minimum absolute atomic E-state index is 0.0291. The van der Waals surface area contributed by atoms with E-state index in [0.29, 0.717) is 29.8 Å². The molecule has 3 aliphatic rings. The molecule has 4 amide bonds. The van der Waals surface area contributed by atoms with Gasteiger partial charge in [0.1, 0.15) is 23.0 Å². The third kappa shape index (κ3) is 6.45. The zero-order valence-corrected chi connectivity index (χ0v) is 26.7. The number of imide groups is 1. The van der Waals surface area contributed by atoms with Crippen molar-refractivity contribution >= 4 is 52.2 Å². The van der Waals surface area contributed by atoms with Crippen LogP contribution in [0.4, 0.5) is 28.1 Å². The summed E-state index contributed by atoms with van der Waals surface area (Å²) in [5.74, 6) is 1.36. The zero-order chi connectivity index (χ0) is 32.5. The van der Waals surface area contributed by atoms with E-state index >= 15 is 0 Å². The van der Waals surface area contributed by atoms with Crippen molar-refractivity contribution in [3.8, 4) is 0 Å². The van der Waals surface area contributed by atoms with Crippen LogP contribution < -0.4 is 20.4 Å². The molecule has 2 aliphatic heterocycles. The number of nitrogens with zero attached hydrogens (tertiary/aromatic N) is 9. The molecule has 0 unspecified atom stereocenters. The monoisotopic (exact) mass is 637 g/mol. The second-order valence-electron chi connectivity index (χ2n) is 12.6. The van der Waals surface area contributed by atoms with E-state index in [2.05, 4.69) is 46.0 Å². The van der Waals surface area contributed by atoms with Crippen LogP contribution in [0.5, 0.6) is 0 Å². The van der Waals surface area contributed by atoms with Crippen LogP contribution in [0.2, 0.25) is 0 Å². The van der Waals surface area contributed by atoms with Crippen molar-refractivity contribution in [3.05, 3.63) is 60.2 Å². The number of carbonyl (C=O) groups excluding carboxylic acids is 3. The molecule has 0 bridgehead atoms. The molecule has 0 aromatic carbocycles. The number of piperazine rings is 1. The molecule has 244 valence electrons. The lowest BCUT2D eigenvalue weighted by molar-refractivity contribution is -0.120. The summed E-state index contributed by atoms with van der Waals surface area (Å²) in [6.07, 6.45) is 10.1. The molecule has 3 fully saturated rings. The molecule has 0 radical (unpaired) electrons. The number of nitrogens with one attached hydrogen (secondary N) is 2. The van der Waals surface area contributed by atoms with Gasteiger partial charge >= 0.3 is 6.03 Å². The van der Waals surface area contributed by atoms with E-state index in [1.54, 1.807) is 31.4 Å². The molecule has 7 rings (SSSR count). The maximum atomic E-state index is 13.0. The van der Waals surface area contributed by atoms with Gasteiger partial charge in [-0.1, -0.05) is 18.9 Å². The fourth-order valence-corrected chi connectivity index (χ4v) is 6.63. The van der Waals surface area contributed by atoms with Crippen molar-refractivity contribution in [2.24, 2.45) is 0 Å². The minimum atomic E-state index is -0.427. The lowest BCUT2D eigenvalue weighted by Gasteiger charge is -2.36. The summed E-state index contributed by atoms with van der Waals surface area (Å²) in [7, 11) is 3.55. The van der Waals surface area contributed by atoms with Gasteiger partial charge in [-0.2, -0.15) is 4.98 Å². The number of hydrogen-bond donors (Lipinski definition) is 2. The number of fused-ring (bicyclic) bond motifs is 1. The van der Waals surface area contributed by atoms with E-state index in [1.165, 1.54) is 4.90 Å². The second-order valence-corrected chi connectivity index (χ2v) is 12.6. The first-order valence-corrected chi connectivity index (χ1v) is 16.2. The molecule has 1 aliphatic carbocycles. The van der Waals surface area contributed by atoms with Crippen LogP contribution in [0.1, 0.15) is 54.2 Å². The van der Waals surface area contributed by atoms with Crippen LogP contribution in [0.15, 0.2) is 48.9 Å². The number of pyridine rings is 2. The standard InChI is InChI=1S/C33H39N11O3/c1-40(2)31(46)26-17-23-19-36-32(39-30(23)44(26)24-5-3-4-6-24)37-27-9-8-25(20-34-27)42-15-13-41(14-16-42)21-22-7-10-28(35-18-22)43-12-11-29(45)38-33(43)47/h7-10,17-20,24H,3-6,11-16,21H2,1-2H3,(H,38,45,47)(H,34,36,37,39). The number of amides is 4. The van der Waals surface area contributed by atoms with E-state index in [-0.39, 0.29) is 24.3 Å². The molecule has 4 aromatic heterocycles. The van der Waals surface area contributed by atoms with Gasteiger partial charge in [0.15, 0.2) is 0 Å². The van der Waals surface area contributed by atoms with Crippen LogP contribution in [-0.4, -0.2) is 99.0 Å². The Morgan fingerprint density at radius 3 is 2.45 bits per heavy atom. The molecule has 2 saturated heterocycles. The molecule has 0 atom stereocenters. The van der Waals surface area contributed by atoms with Crippen LogP contribution in [-0.2, 0) is 11.3 Å². The highest BCUT2D eigenvalue weighted by atomic mass is 16.2. The maximum absolute atomic E-state index is 13.0. The second kappa shape index (κ2) is 12.9. The van der Waals surface area contributed by atoms with E-state index in [1.807, 2.05) is 30.5 Å². The highest BCUT2D eigenvalue weighted by Crippen LogP contribution is 2.35. The number of aromatic nitrogens is 5. The van der Waals surface area contributed by atoms with Gasteiger partial charge in [-0.25, -0.2) is 19.7 Å². The highest BCUT2D eigenvalue weighted by molar-refractivity contribution is 6.05. The summed E-state index contributed by atoms with van der Waals surface area (Å²) in [6.45, 7) is 4.63. The summed E-state index contributed by atoms with van der Waals surface area (Å²) in [5, 5.41) is 6.44. The van der Waals surface area contributed by atoms with E-state index in [4.69, 9.17) is 4.98 Å². The molecule has 47 heavy (non-hydrogen) atoms. The first kappa shape index (κ1) is 30.5. The fourth-order valence-electron chi connectivity index (χ4n) is 6.63.